The number of hydrogen-bond acceptors (Lipinski definition) is 3. The highest BCUT2D eigenvalue weighted by Gasteiger charge is 2.02. The quantitative estimate of drug-likeness (QED) is 0.754. The molecule has 2 rings (SSSR count). The first kappa shape index (κ1) is 14.9. The van der Waals surface area contributed by atoms with Crippen LogP contribution in [0.25, 0.3) is 0 Å². The maximum atomic E-state index is 9.06. The topological polar surface area (TPSA) is 45.0 Å². The zero-order valence-corrected chi connectivity index (χ0v) is 13.7. The summed E-state index contributed by atoms with van der Waals surface area (Å²) in [6.45, 7) is 1.16. The van der Waals surface area contributed by atoms with Gasteiger partial charge in [-0.25, -0.2) is 0 Å². The van der Waals surface area contributed by atoms with Gasteiger partial charge in [-0.15, -0.1) is 0 Å². The van der Waals surface area contributed by atoms with Crippen LogP contribution in [0.5, 0.6) is 5.75 Å². The number of benzene rings is 2. The van der Waals surface area contributed by atoms with E-state index in [1.54, 1.807) is 6.07 Å². The van der Waals surface area contributed by atoms with E-state index in [9.17, 15) is 0 Å². The largest absolute Gasteiger partial charge is 0.492 e. The molecule has 0 radical (unpaired) electrons. The third-order valence-corrected chi connectivity index (χ3v) is 3.62. The van der Waals surface area contributed by atoms with Crippen LogP contribution in [-0.4, -0.2) is 13.2 Å². The van der Waals surface area contributed by atoms with Gasteiger partial charge in [0.2, 0.25) is 0 Å². The average Bonchev–Trinajstić information content (AvgIpc) is 2.46. The number of rotatable bonds is 5. The van der Waals surface area contributed by atoms with Gasteiger partial charge in [-0.2, -0.15) is 5.26 Å². The molecule has 0 spiro atoms. The first-order chi connectivity index (χ1) is 9.69. The van der Waals surface area contributed by atoms with Crippen LogP contribution in [0.2, 0.25) is 0 Å². The van der Waals surface area contributed by atoms with E-state index in [-0.39, 0.29) is 0 Å². The normalized spacial score (nSPS) is 9.85. The van der Waals surface area contributed by atoms with Crippen molar-refractivity contribution in [1.29, 1.82) is 5.26 Å². The number of halogens is 2. The van der Waals surface area contributed by atoms with E-state index >= 15 is 0 Å². The summed E-state index contributed by atoms with van der Waals surface area (Å²) in [5.41, 5.74) is 1.43. The van der Waals surface area contributed by atoms with E-state index in [0.717, 1.165) is 20.4 Å². The molecule has 0 unspecified atom stereocenters. The summed E-state index contributed by atoms with van der Waals surface area (Å²) >= 11 is 6.73. The molecular formula is C15H12Br2N2O. The third-order valence-electron chi connectivity index (χ3n) is 2.60. The van der Waals surface area contributed by atoms with Crippen molar-refractivity contribution >= 4 is 37.5 Å². The van der Waals surface area contributed by atoms with Gasteiger partial charge in [0.1, 0.15) is 18.4 Å². The van der Waals surface area contributed by atoms with Crippen molar-refractivity contribution in [2.75, 3.05) is 18.5 Å². The van der Waals surface area contributed by atoms with Gasteiger partial charge in [0.05, 0.1) is 11.3 Å². The van der Waals surface area contributed by atoms with Crippen molar-refractivity contribution < 1.29 is 4.74 Å². The van der Waals surface area contributed by atoms with Crippen LogP contribution < -0.4 is 10.1 Å². The SMILES string of the molecule is N#Cc1cc(Br)ccc1NCCOc1ccc(Br)cc1. The summed E-state index contributed by atoms with van der Waals surface area (Å²) in [6.07, 6.45) is 0. The van der Waals surface area contributed by atoms with Gasteiger partial charge in [-0.1, -0.05) is 31.9 Å². The molecule has 0 aliphatic carbocycles. The first-order valence-electron chi connectivity index (χ1n) is 6.01. The van der Waals surface area contributed by atoms with Crippen LogP contribution in [0.1, 0.15) is 5.56 Å². The van der Waals surface area contributed by atoms with Crippen molar-refractivity contribution in [3.8, 4) is 11.8 Å². The Morgan fingerprint density at radius 2 is 1.75 bits per heavy atom. The Kier molecular flexibility index (Phi) is 5.45. The molecule has 1 N–H and O–H groups in total. The lowest BCUT2D eigenvalue weighted by molar-refractivity contribution is 0.333. The minimum absolute atomic E-state index is 0.530. The number of nitrogens with zero attached hydrogens (tertiary/aromatic N) is 1. The summed E-state index contributed by atoms with van der Waals surface area (Å²) in [4.78, 5) is 0. The molecule has 0 heterocycles. The molecule has 0 amide bonds. The van der Waals surface area contributed by atoms with Gasteiger partial charge in [0.25, 0.3) is 0 Å². The molecule has 2 aromatic rings. The van der Waals surface area contributed by atoms with E-state index < -0.39 is 0 Å². The molecule has 0 aliphatic rings. The minimum atomic E-state index is 0.530. The molecule has 0 aliphatic heterocycles. The lowest BCUT2D eigenvalue weighted by Gasteiger charge is -2.10. The molecule has 0 bridgehead atoms. The summed E-state index contributed by atoms with van der Waals surface area (Å²) < 4.78 is 7.52. The third kappa shape index (κ3) is 4.26. The Morgan fingerprint density at radius 3 is 2.45 bits per heavy atom. The molecule has 102 valence electrons. The van der Waals surface area contributed by atoms with Crippen LogP contribution in [0.15, 0.2) is 51.4 Å². The molecule has 0 aromatic heterocycles. The molecule has 2 aromatic carbocycles. The van der Waals surface area contributed by atoms with E-state index in [2.05, 4.69) is 43.2 Å². The Hall–Kier alpha value is -1.51. The molecule has 0 saturated carbocycles. The van der Waals surface area contributed by atoms with Crippen LogP contribution in [0, 0.1) is 11.3 Å². The van der Waals surface area contributed by atoms with Crippen LogP contribution in [0.4, 0.5) is 5.69 Å². The standard InChI is InChI=1S/C15H12Br2N2O/c16-12-1-4-14(5-2-12)20-8-7-19-15-6-3-13(17)9-11(15)10-18/h1-6,9,19H,7-8H2. The monoisotopic (exact) mass is 394 g/mol. The Labute approximate surface area is 134 Å². The van der Waals surface area contributed by atoms with Crippen LogP contribution in [0.3, 0.4) is 0 Å². The highest BCUT2D eigenvalue weighted by Crippen LogP contribution is 2.20. The number of nitrogens with one attached hydrogen (secondary N) is 1. The van der Waals surface area contributed by atoms with Crippen molar-refractivity contribution in [2.45, 2.75) is 0 Å². The number of anilines is 1. The fourth-order valence-electron chi connectivity index (χ4n) is 1.65. The number of ether oxygens (including phenoxy) is 1. The van der Waals surface area contributed by atoms with Gasteiger partial charge in [0.15, 0.2) is 0 Å². The van der Waals surface area contributed by atoms with Crippen LogP contribution in [-0.2, 0) is 0 Å². The van der Waals surface area contributed by atoms with E-state index in [4.69, 9.17) is 10.00 Å². The van der Waals surface area contributed by atoms with Crippen LogP contribution >= 0.6 is 31.9 Å². The highest BCUT2D eigenvalue weighted by molar-refractivity contribution is 9.10. The predicted octanol–water partition coefficient (Wildman–Crippen LogP) is 4.57. The zero-order valence-electron chi connectivity index (χ0n) is 10.6. The molecule has 0 atom stereocenters. The van der Waals surface area contributed by atoms with E-state index in [1.807, 2.05) is 36.4 Å². The molecule has 0 saturated heterocycles. The van der Waals surface area contributed by atoms with Gasteiger partial charge in [-0.3, -0.25) is 0 Å². The second-order valence-electron chi connectivity index (χ2n) is 4.03. The Bertz CT molecular complexity index is 621. The highest BCUT2D eigenvalue weighted by atomic mass is 79.9. The smallest absolute Gasteiger partial charge is 0.119 e. The van der Waals surface area contributed by atoms with E-state index in [0.29, 0.717) is 18.7 Å². The number of hydrogen-bond donors (Lipinski definition) is 1. The molecule has 5 heteroatoms. The molecular weight excluding hydrogens is 384 g/mol. The van der Waals surface area contributed by atoms with Gasteiger partial charge in [0, 0.05) is 15.5 Å². The summed E-state index contributed by atoms with van der Waals surface area (Å²) in [5, 5.41) is 12.3. The summed E-state index contributed by atoms with van der Waals surface area (Å²) in [6, 6.07) is 15.4. The van der Waals surface area contributed by atoms with Crippen molar-refractivity contribution in [2.24, 2.45) is 0 Å². The molecule has 0 fully saturated rings. The maximum absolute atomic E-state index is 9.06. The predicted molar refractivity (Wildman–Crippen MR) is 87.0 cm³/mol. The van der Waals surface area contributed by atoms with Crippen molar-refractivity contribution in [1.82, 2.24) is 0 Å². The average molecular weight is 396 g/mol. The van der Waals surface area contributed by atoms with Crippen molar-refractivity contribution in [3.05, 3.63) is 57.0 Å². The van der Waals surface area contributed by atoms with Crippen molar-refractivity contribution in [3.63, 3.8) is 0 Å². The van der Waals surface area contributed by atoms with Gasteiger partial charge < -0.3 is 10.1 Å². The first-order valence-corrected chi connectivity index (χ1v) is 7.59. The lowest BCUT2D eigenvalue weighted by atomic mass is 10.2. The second-order valence-corrected chi connectivity index (χ2v) is 5.86. The van der Waals surface area contributed by atoms with Gasteiger partial charge >= 0.3 is 0 Å². The maximum Gasteiger partial charge on any atom is 0.119 e. The fourth-order valence-corrected chi connectivity index (χ4v) is 2.27. The van der Waals surface area contributed by atoms with E-state index in [1.165, 1.54) is 0 Å². The fraction of sp³-hybridized carbons (Fsp3) is 0.133. The summed E-state index contributed by atoms with van der Waals surface area (Å²) in [7, 11) is 0. The zero-order chi connectivity index (χ0) is 14.4. The molecule has 3 nitrogen and oxygen atoms in total. The lowest BCUT2D eigenvalue weighted by Crippen LogP contribution is -2.12. The molecule has 20 heavy (non-hydrogen) atoms. The summed E-state index contributed by atoms with van der Waals surface area (Å²) in [5.74, 6) is 0.825. The Morgan fingerprint density at radius 1 is 1.05 bits per heavy atom. The Balaban J connectivity index is 1.84. The second kappa shape index (κ2) is 7.32. The number of nitriles is 1. The van der Waals surface area contributed by atoms with Gasteiger partial charge in [-0.05, 0) is 42.5 Å². The minimum Gasteiger partial charge on any atom is -0.492 e.